The molecule has 1 aliphatic heterocycles. The van der Waals surface area contributed by atoms with Gasteiger partial charge in [0.25, 0.3) is 11.6 Å². The van der Waals surface area contributed by atoms with Crippen LogP contribution in [0.15, 0.2) is 18.2 Å². The van der Waals surface area contributed by atoms with Crippen molar-refractivity contribution in [3.63, 3.8) is 0 Å². The Bertz CT molecular complexity index is 519. The molecule has 0 spiro atoms. The van der Waals surface area contributed by atoms with Crippen molar-refractivity contribution < 1.29 is 14.8 Å². The van der Waals surface area contributed by atoms with Crippen LogP contribution in [-0.2, 0) is 0 Å². The molecule has 8 heteroatoms. The molecule has 0 bridgehead atoms. The zero-order chi connectivity index (χ0) is 14.0. The van der Waals surface area contributed by atoms with Crippen molar-refractivity contribution in [2.75, 3.05) is 18.5 Å². The molecule has 1 aromatic carbocycles. The highest BCUT2D eigenvalue weighted by Crippen LogP contribution is 2.29. The van der Waals surface area contributed by atoms with E-state index in [9.17, 15) is 20.0 Å². The first-order chi connectivity index (χ1) is 9.04. The summed E-state index contributed by atoms with van der Waals surface area (Å²) in [6, 6.07) is 4.17. The molecule has 1 aromatic rings. The zero-order valence-electron chi connectivity index (χ0n) is 10.1. The van der Waals surface area contributed by atoms with Crippen molar-refractivity contribution in [2.45, 2.75) is 12.5 Å². The van der Waals surface area contributed by atoms with Crippen LogP contribution in [-0.4, -0.2) is 40.0 Å². The van der Waals surface area contributed by atoms with Crippen LogP contribution >= 0.6 is 0 Å². The van der Waals surface area contributed by atoms with E-state index in [1.165, 1.54) is 23.1 Å². The second-order valence-corrected chi connectivity index (χ2v) is 4.29. The molecule has 1 saturated heterocycles. The van der Waals surface area contributed by atoms with Gasteiger partial charge in [-0.3, -0.25) is 20.8 Å². The average molecular weight is 266 g/mol. The maximum Gasteiger partial charge on any atom is 0.294 e. The molecule has 1 amide bonds. The van der Waals surface area contributed by atoms with Crippen molar-refractivity contribution >= 4 is 17.3 Å². The van der Waals surface area contributed by atoms with Crippen LogP contribution in [0.3, 0.4) is 0 Å². The third-order valence-corrected chi connectivity index (χ3v) is 3.06. The maximum atomic E-state index is 12.2. The van der Waals surface area contributed by atoms with Crippen LogP contribution in [0, 0.1) is 10.1 Å². The van der Waals surface area contributed by atoms with Gasteiger partial charge in [0, 0.05) is 19.2 Å². The number of aliphatic hydroxyl groups is 1. The van der Waals surface area contributed by atoms with Gasteiger partial charge in [0.05, 0.1) is 16.6 Å². The van der Waals surface area contributed by atoms with Gasteiger partial charge in [-0.05, 0) is 12.5 Å². The number of benzene rings is 1. The lowest BCUT2D eigenvalue weighted by molar-refractivity contribution is -0.384. The highest BCUT2D eigenvalue weighted by Gasteiger charge is 2.29. The van der Waals surface area contributed by atoms with Gasteiger partial charge in [-0.2, -0.15) is 0 Å². The lowest BCUT2D eigenvalue weighted by atomic mass is 10.1. The van der Waals surface area contributed by atoms with E-state index in [0.29, 0.717) is 13.0 Å². The standard InChI is InChI=1S/C11H14N4O4/c12-13-10-8(2-1-3-9(10)15(18)19)11(17)14-5-4-7(16)6-14/h1-3,7,13,16H,4-6,12H2. The molecule has 0 radical (unpaired) electrons. The SMILES string of the molecule is NNc1c(C(=O)N2CCC(O)C2)cccc1[N+](=O)[O-]. The number of hydrogen-bond donors (Lipinski definition) is 3. The first-order valence-corrected chi connectivity index (χ1v) is 5.76. The number of amides is 1. The third-order valence-electron chi connectivity index (χ3n) is 3.06. The van der Waals surface area contributed by atoms with E-state index in [1.54, 1.807) is 0 Å². The number of nitrogen functional groups attached to an aromatic ring is 1. The van der Waals surface area contributed by atoms with Gasteiger partial charge in [0.1, 0.15) is 5.69 Å². The van der Waals surface area contributed by atoms with Gasteiger partial charge in [-0.1, -0.05) is 6.07 Å². The predicted octanol–water partition coefficient (Wildman–Crippen LogP) is 0.0872. The predicted molar refractivity (Wildman–Crippen MR) is 67.4 cm³/mol. The molecule has 0 saturated carbocycles. The number of nitrogens with two attached hydrogens (primary N) is 1. The minimum absolute atomic E-state index is 0.0149. The Kier molecular flexibility index (Phi) is 3.63. The topological polar surface area (TPSA) is 122 Å². The molecular formula is C11H14N4O4. The summed E-state index contributed by atoms with van der Waals surface area (Å²) < 4.78 is 0. The molecule has 1 aliphatic rings. The van der Waals surface area contributed by atoms with E-state index in [-0.39, 0.29) is 29.4 Å². The number of nitrogens with one attached hydrogen (secondary N) is 1. The van der Waals surface area contributed by atoms with Gasteiger partial charge < -0.3 is 15.4 Å². The Morgan fingerprint density at radius 3 is 2.84 bits per heavy atom. The number of nitro benzene ring substituents is 1. The van der Waals surface area contributed by atoms with Crippen LogP contribution in [0.4, 0.5) is 11.4 Å². The van der Waals surface area contributed by atoms with Crippen molar-refractivity contribution in [3.8, 4) is 0 Å². The number of para-hydroxylation sites is 1. The largest absolute Gasteiger partial charge is 0.391 e. The van der Waals surface area contributed by atoms with E-state index in [1.807, 2.05) is 0 Å². The number of hydrogen-bond acceptors (Lipinski definition) is 6. The number of β-amino-alcohol motifs (C(OH)–C–C–N with tert-alkyl or cyclic N) is 1. The smallest absolute Gasteiger partial charge is 0.294 e. The number of anilines is 1. The molecule has 0 aliphatic carbocycles. The van der Waals surface area contributed by atoms with E-state index in [4.69, 9.17) is 5.84 Å². The van der Waals surface area contributed by atoms with Crippen molar-refractivity contribution in [3.05, 3.63) is 33.9 Å². The van der Waals surface area contributed by atoms with E-state index < -0.39 is 11.0 Å². The van der Waals surface area contributed by atoms with Crippen molar-refractivity contribution in [1.82, 2.24) is 4.90 Å². The summed E-state index contributed by atoms with van der Waals surface area (Å²) in [6.07, 6.45) is -0.0385. The fourth-order valence-electron chi connectivity index (χ4n) is 2.12. The molecule has 1 heterocycles. The van der Waals surface area contributed by atoms with Gasteiger partial charge >= 0.3 is 0 Å². The number of likely N-dealkylation sites (tertiary alicyclic amines) is 1. The van der Waals surface area contributed by atoms with Gasteiger partial charge in [0.2, 0.25) is 0 Å². The molecule has 1 atom stereocenters. The zero-order valence-corrected chi connectivity index (χ0v) is 10.1. The number of hydrazine groups is 1. The molecule has 102 valence electrons. The fraction of sp³-hybridized carbons (Fsp3) is 0.364. The third kappa shape index (κ3) is 2.49. The summed E-state index contributed by atoms with van der Waals surface area (Å²) in [7, 11) is 0. The van der Waals surface area contributed by atoms with Gasteiger partial charge in [-0.25, -0.2) is 0 Å². The lowest BCUT2D eigenvalue weighted by Gasteiger charge is -2.17. The first-order valence-electron chi connectivity index (χ1n) is 5.76. The Morgan fingerprint density at radius 2 is 2.32 bits per heavy atom. The second-order valence-electron chi connectivity index (χ2n) is 4.29. The molecule has 0 aromatic heterocycles. The monoisotopic (exact) mass is 266 g/mol. The summed E-state index contributed by atoms with van der Waals surface area (Å²) in [5, 5.41) is 20.3. The van der Waals surface area contributed by atoms with Crippen LogP contribution in [0.2, 0.25) is 0 Å². The highest BCUT2D eigenvalue weighted by atomic mass is 16.6. The number of nitro groups is 1. The minimum Gasteiger partial charge on any atom is -0.391 e. The number of carbonyl (C=O) groups excluding carboxylic acids is 1. The van der Waals surface area contributed by atoms with Crippen molar-refractivity contribution in [2.24, 2.45) is 5.84 Å². The van der Waals surface area contributed by atoms with Crippen LogP contribution in [0.1, 0.15) is 16.8 Å². The van der Waals surface area contributed by atoms with Crippen molar-refractivity contribution in [1.29, 1.82) is 0 Å². The molecule has 1 unspecified atom stereocenters. The van der Waals surface area contributed by atoms with Crippen LogP contribution < -0.4 is 11.3 Å². The summed E-state index contributed by atoms with van der Waals surface area (Å²) in [5.41, 5.74) is 2.07. The summed E-state index contributed by atoms with van der Waals surface area (Å²) >= 11 is 0. The van der Waals surface area contributed by atoms with Crippen LogP contribution in [0.25, 0.3) is 0 Å². The highest BCUT2D eigenvalue weighted by molar-refractivity contribution is 6.01. The number of carbonyl (C=O) groups is 1. The average Bonchev–Trinajstić information content (AvgIpc) is 2.83. The molecule has 19 heavy (non-hydrogen) atoms. The van der Waals surface area contributed by atoms with E-state index >= 15 is 0 Å². The minimum atomic E-state index is -0.606. The van der Waals surface area contributed by atoms with Gasteiger partial charge in [0.15, 0.2) is 0 Å². The van der Waals surface area contributed by atoms with Gasteiger partial charge in [-0.15, -0.1) is 0 Å². The lowest BCUT2D eigenvalue weighted by Crippen LogP contribution is -2.30. The summed E-state index contributed by atoms with van der Waals surface area (Å²) in [5.74, 6) is 4.90. The molecule has 1 fully saturated rings. The summed E-state index contributed by atoms with van der Waals surface area (Å²) in [6.45, 7) is 0.651. The number of rotatable bonds is 3. The number of nitrogens with zero attached hydrogens (tertiary/aromatic N) is 2. The molecule has 8 nitrogen and oxygen atoms in total. The summed E-state index contributed by atoms with van der Waals surface area (Å²) in [4.78, 5) is 24.0. The number of aliphatic hydroxyl groups excluding tert-OH is 1. The Labute approximate surface area is 108 Å². The fourth-order valence-corrected chi connectivity index (χ4v) is 2.12. The Morgan fingerprint density at radius 1 is 1.58 bits per heavy atom. The van der Waals surface area contributed by atoms with Crippen LogP contribution in [0.5, 0.6) is 0 Å². The maximum absolute atomic E-state index is 12.2. The molecular weight excluding hydrogens is 252 g/mol. The van der Waals surface area contributed by atoms with E-state index in [0.717, 1.165) is 0 Å². The Hall–Kier alpha value is -2.19. The second kappa shape index (κ2) is 5.21. The normalized spacial score (nSPS) is 18.4. The Balaban J connectivity index is 2.36. The molecule has 4 N–H and O–H groups in total. The van der Waals surface area contributed by atoms with E-state index in [2.05, 4.69) is 5.43 Å². The first kappa shape index (κ1) is 13.2. The molecule has 2 rings (SSSR count). The quantitative estimate of drug-likeness (QED) is 0.405.